The van der Waals surface area contributed by atoms with Crippen LogP contribution in [-0.2, 0) is 4.79 Å². The quantitative estimate of drug-likeness (QED) is 0.746. The fraction of sp³-hybridized carbons (Fsp3) is 0.250. The molecular weight excluding hydrogens is 314 g/mol. The Hall–Kier alpha value is -2.95. The highest BCUT2D eigenvalue weighted by molar-refractivity contribution is 5.92. The zero-order valence-electron chi connectivity index (χ0n) is 14.6. The first-order chi connectivity index (χ1) is 12.0. The molecule has 3 rings (SSSR count). The maximum atomic E-state index is 12.4. The molecule has 1 amide bonds. The summed E-state index contributed by atoms with van der Waals surface area (Å²) in [6.07, 6.45) is 3.74. The van der Waals surface area contributed by atoms with Gasteiger partial charge < -0.3 is 9.73 Å². The van der Waals surface area contributed by atoms with E-state index in [0.717, 1.165) is 28.2 Å². The minimum atomic E-state index is -0.0449. The molecule has 2 heterocycles. The molecule has 0 spiro atoms. The van der Waals surface area contributed by atoms with Crippen LogP contribution in [0.5, 0.6) is 0 Å². The van der Waals surface area contributed by atoms with Crippen molar-refractivity contribution in [2.24, 2.45) is 0 Å². The van der Waals surface area contributed by atoms with E-state index in [4.69, 9.17) is 4.42 Å². The van der Waals surface area contributed by atoms with Crippen LogP contribution in [0.3, 0.4) is 0 Å². The van der Waals surface area contributed by atoms with Gasteiger partial charge in [-0.3, -0.25) is 9.78 Å². The Morgan fingerprint density at radius 2 is 2.08 bits per heavy atom. The van der Waals surface area contributed by atoms with Gasteiger partial charge in [0.1, 0.15) is 6.26 Å². The number of aromatic nitrogens is 2. The van der Waals surface area contributed by atoms with Crippen LogP contribution < -0.4 is 5.32 Å². The Bertz CT molecular complexity index is 872. The Balaban J connectivity index is 1.71. The third kappa shape index (κ3) is 4.12. The van der Waals surface area contributed by atoms with Gasteiger partial charge in [-0.2, -0.15) is 0 Å². The molecule has 128 valence electrons. The molecule has 5 nitrogen and oxygen atoms in total. The summed E-state index contributed by atoms with van der Waals surface area (Å²) in [4.78, 5) is 21.0. The zero-order valence-corrected chi connectivity index (χ0v) is 14.6. The lowest BCUT2D eigenvalue weighted by molar-refractivity contribution is -0.116. The van der Waals surface area contributed by atoms with E-state index in [9.17, 15) is 4.79 Å². The Kier molecular flexibility index (Phi) is 4.93. The third-order valence-corrected chi connectivity index (χ3v) is 4.06. The number of amides is 1. The van der Waals surface area contributed by atoms with Crippen molar-refractivity contribution in [3.8, 4) is 11.5 Å². The smallest absolute Gasteiger partial charge is 0.226 e. The summed E-state index contributed by atoms with van der Waals surface area (Å²) >= 11 is 0. The van der Waals surface area contributed by atoms with Crippen molar-refractivity contribution in [1.29, 1.82) is 0 Å². The highest BCUT2D eigenvalue weighted by Gasteiger charge is 2.14. The molecular formula is C20H21N3O2. The van der Waals surface area contributed by atoms with Gasteiger partial charge in [0.05, 0.1) is 5.69 Å². The maximum Gasteiger partial charge on any atom is 0.226 e. The zero-order chi connectivity index (χ0) is 17.8. The van der Waals surface area contributed by atoms with Crippen LogP contribution in [0.1, 0.15) is 36.2 Å². The summed E-state index contributed by atoms with van der Waals surface area (Å²) < 4.78 is 5.48. The Morgan fingerprint density at radius 1 is 1.24 bits per heavy atom. The molecule has 0 fully saturated rings. The number of rotatable bonds is 5. The summed E-state index contributed by atoms with van der Waals surface area (Å²) in [6.45, 7) is 5.87. The van der Waals surface area contributed by atoms with Crippen molar-refractivity contribution in [3.63, 3.8) is 0 Å². The van der Waals surface area contributed by atoms with E-state index in [1.807, 2.05) is 57.2 Å². The summed E-state index contributed by atoms with van der Waals surface area (Å²) in [5.74, 6) is 0.574. The minimum absolute atomic E-state index is 0.0449. The molecule has 0 unspecified atom stereocenters. The van der Waals surface area contributed by atoms with E-state index in [1.165, 1.54) is 0 Å². The lowest BCUT2D eigenvalue weighted by atomic mass is 10.0. The van der Waals surface area contributed by atoms with Crippen molar-refractivity contribution in [1.82, 2.24) is 9.97 Å². The molecule has 0 radical (unpaired) electrons. The summed E-state index contributed by atoms with van der Waals surface area (Å²) in [7, 11) is 0. The van der Waals surface area contributed by atoms with Gasteiger partial charge in [0.25, 0.3) is 0 Å². The number of benzene rings is 1. The van der Waals surface area contributed by atoms with Crippen molar-refractivity contribution >= 4 is 11.6 Å². The summed E-state index contributed by atoms with van der Waals surface area (Å²) in [5, 5.41) is 2.95. The van der Waals surface area contributed by atoms with Crippen molar-refractivity contribution < 1.29 is 9.21 Å². The molecule has 2 aromatic heterocycles. The SMILES string of the molecule is Cc1coc(-c2cc(NC(=O)C[C@H](C)c3ccccn3)ccc2C)n1. The van der Waals surface area contributed by atoms with Gasteiger partial charge in [0, 0.05) is 35.5 Å². The standard InChI is InChI=1S/C20H21N3O2/c1-13-7-8-16(11-17(13)20-22-15(3)12-25-20)23-19(24)10-14(2)18-6-4-5-9-21-18/h4-9,11-12,14H,10H2,1-3H3,(H,23,24)/t14-/m0/s1. The number of pyridine rings is 1. The van der Waals surface area contributed by atoms with Crippen LogP contribution in [0.25, 0.3) is 11.5 Å². The number of hydrogen-bond donors (Lipinski definition) is 1. The maximum absolute atomic E-state index is 12.4. The number of nitrogens with zero attached hydrogens (tertiary/aromatic N) is 2. The number of carbonyl (C=O) groups excluding carboxylic acids is 1. The van der Waals surface area contributed by atoms with E-state index in [-0.39, 0.29) is 11.8 Å². The fourth-order valence-corrected chi connectivity index (χ4v) is 2.67. The number of carbonyl (C=O) groups is 1. The number of aryl methyl sites for hydroxylation is 2. The molecule has 1 N–H and O–H groups in total. The van der Waals surface area contributed by atoms with Crippen LogP contribution in [-0.4, -0.2) is 15.9 Å². The van der Waals surface area contributed by atoms with Gasteiger partial charge in [0.2, 0.25) is 11.8 Å². The Morgan fingerprint density at radius 3 is 2.76 bits per heavy atom. The number of hydrogen-bond acceptors (Lipinski definition) is 4. The van der Waals surface area contributed by atoms with Gasteiger partial charge >= 0.3 is 0 Å². The second-order valence-corrected chi connectivity index (χ2v) is 6.23. The predicted octanol–water partition coefficient (Wildman–Crippen LogP) is 4.49. The van der Waals surface area contributed by atoms with Gasteiger partial charge in [-0.1, -0.05) is 19.1 Å². The van der Waals surface area contributed by atoms with E-state index >= 15 is 0 Å². The van der Waals surface area contributed by atoms with E-state index in [1.54, 1.807) is 12.5 Å². The van der Waals surface area contributed by atoms with E-state index < -0.39 is 0 Å². The summed E-state index contributed by atoms with van der Waals surface area (Å²) in [5.41, 5.74) is 4.39. The lowest BCUT2D eigenvalue weighted by Gasteiger charge is -2.12. The first-order valence-corrected chi connectivity index (χ1v) is 8.27. The average Bonchev–Trinajstić information content (AvgIpc) is 3.03. The molecule has 0 saturated heterocycles. The normalized spacial score (nSPS) is 12.0. The minimum Gasteiger partial charge on any atom is -0.444 e. The van der Waals surface area contributed by atoms with E-state index in [0.29, 0.717) is 12.3 Å². The first kappa shape index (κ1) is 16.9. The molecule has 0 bridgehead atoms. The van der Waals surface area contributed by atoms with Crippen LogP contribution in [0.15, 0.2) is 53.3 Å². The first-order valence-electron chi connectivity index (χ1n) is 8.27. The second-order valence-electron chi connectivity index (χ2n) is 6.23. The highest BCUT2D eigenvalue weighted by atomic mass is 16.3. The highest BCUT2D eigenvalue weighted by Crippen LogP contribution is 2.26. The molecule has 1 atom stereocenters. The van der Waals surface area contributed by atoms with Crippen molar-refractivity contribution in [3.05, 3.63) is 65.8 Å². The van der Waals surface area contributed by atoms with Gasteiger partial charge in [-0.15, -0.1) is 0 Å². The van der Waals surface area contributed by atoms with Crippen LogP contribution >= 0.6 is 0 Å². The number of oxazole rings is 1. The van der Waals surface area contributed by atoms with E-state index in [2.05, 4.69) is 15.3 Å². The molecule has 0 aliphatic heterocycles. The monoisotopic (exact) mass is 335 g/mol. The molecule has 0 aliphatic carbocycles. The molecule has 0 aliphatic rings. The molecule has 3 aromatic rings. The van der Waals surface area contributed by atoms with Crippen molar-refractivity contribution in [2.45, 2.75) is 33.1 Å². The lowest BCUT2D eigenvalue weighted by Crippen LogP contribution is -2.15. The second kappa shape index (κ2) is 7.30. The van der Waals surface area contributed by atoms with Gasteiger partial charge in [-0.25, -0.2) is 4.98 Å². The Labute approximate surface area is 147 Å². The van der Waals surface area contributed by atoms with Crippen LogP contribution in [0.4, 0.5) is 5.69 Å². The van der Waals surface area contributed by atoms with Gasteiger partial charge in [0.15, 0.2) is 0 Å². The number of anilines is 1. The molecule has 5 heteroatoms. The molecule has 25 heavy (non-hydrogen) atoms. The molecule has 1 aromatic carbocycles. The number of nitrogens with one attached hydrogen (secondary N) is 1. The fourth-order valence-electron chi connectivity index (χ4n) is 2.67. The largest absolute Gasteiger partial charge is 0.444 e. The van der Waals surface area contributed by atoms with Gasteiger partial charge in [-0.05, 0) is 43.7 Å². The van der Waals surface area contributed by atoms with Crippen molar-refractivity contribution in [2.75, 3.05) is 5.32 Å². The molecule has 0 saturated carbocycles. The predicted molar refractivity (Wildman–Crippen MR) is 97.3 cm³/mol. The van der Waals surface area contributed by atoms with Crippen LogP contribution in [0, 0.1) is 13.8 Å². The third-order valence-electron chi connectivity index (χ3n) is 4.06. The topological polar surface area (TPSA) is 68.0 Å². The van der Waals surface area contributed by atoms with Crippen LogP contribution in [0.2, 0.25) is 0 Å². The average molecular weight is 335 g/mol. The summed E-state index contributed by atoms with van der Waals surface area (Å²) in [6, 6.07) is 11.5.